The molecule has 1 N–H and O–H groups in total. The third-order valence-corrected chi connectivity index (χ3v) is 4.29. The second-order valence-electron chi connectivity index (χ2n) is 6.55. The third kappa shape index (κ3) is 3.11. The molecule has 0 spiro atoms. The van der Waals surface area contributed by atoms with Crippen LogP contribution in [0.25, 0.3) is 0 Å². The Labute approximate surface area is 128 Å². The zero-order valence-electron chi connectivity index (χ0n) is 13.2. The van der Waals surface area contributed by atoms with Crippen LogP contribution in [0.2, 0.25) is 0 Å². The number of nitrogens with zero attached hydrogens (tertiary/aromatic N) is 4. The summed E-state index contributed by atoms with van der Waals surface area (Å²) in [5.74, 6) is -0.245. The molecule has 1 aromatic rings. The zero-order valence-corrected chi connectivity index (χ0v) is 13.2. The van der Waals surface area contributed by atoms with Crippen molar-refractivity contribution in [1.82, 2.24) is 14.7 Å². The molecular weight excluding hydrogens is 288 g/mol. The highest BCUT2D eigenvalue weighted by Crippen LogP contribution is 2.31. The van der Waals surface area contributed by atoms with Crippen molar-refractivity contribution in [3.8, 4) is 0 Å². The van der Waals surface area contributed by atoms with Gasteiger partial charge >= 0.3 is 5.69 Å². The number of hydrogen-bond donors (Lipinski definition) is 1. The van der Waals surface area contributed by atoms with Gasteiger partial charge in [-0.3, -0.25) is 19.6 Å². The van der Waals surface area contributed by atoms with Crippen LogP contribution < -0.4 is 0 Å². The van der Waals surface area contributed by atoms with Crippen LogP contribution >= 0.6 is 0 Å². The summed E-state index contributed by atoms with van der Waals surface area (Å²) in [5.41, 5.74) is -2.04. The predicted molar refractivity (Wildman–Crippen MR) is 79.3 cm³/mol. The Bertz CT molecular complexity index is 575. The summed E-state index contributed by atoms with van der Waals surface area (Å²) in [4.78, 5) is 24.3. The van der Waals surface area contributed by atoms with E-state index in [9.17, 15) is 20.0 Å². The van der Waals surface area contributed by atoms with Gasteiger partial charge in [0.05, 0.1) is 10.5 Å². The van der Waals surface area contributed by atoms with Gasteiger partial charge < -0.3 is 10.0 Å². The van der Waals surface area contributed by atoms with Crippen LogP contribution in [0.4, 0.5) is 5.69 Å². The summed E-state index contributed by atoms with van der Waals surface area (Å²) in [6, 6.07) is 0. The van der Waals surface area contributed by atoms with Crippen molar-refractivity contribution in [2.75, 3.05) is 13.6 Å². The fourth-order valence-corrected chi connectivity index (χ4v) is 2.98. The number of likely N-dealkylation sites (N-methyl/N-ethyl adjacent to an activating group) is 1. The second kappa shape index (κ2) is 5.68. The second-order valence-corrected chi connectivity index (χ2v) is 6.55. The van der Waals surface area contributed by atoms with Crippen molar-refractivity contribution in [1.29, 1.82) is 0 Å². The maximum absolute atomic E-state index is 12.7. The standard InChI is InChI=1S/C14H22N4O4/c1-13(2,17-9-11(8-15-17)18(21)22)12(19)16(3)10-14(20)6-4-5-7-14/h8-9,20H,4-7,10H2,1-3H3. The van der Waals surface area contributed by atoms with Crippen molar-refractivity contribution < 1.29 is 14.8 Å². The third-order valence-electron chi connectivity index (χ3n) is 4.29. The molecule has 1 aliphatic rings. The quantitative estimate of drug-likeness (QED) is 0.652. The van der Waals surface area contributed by atoms with Crippen LogP contribution in [0.5, 0.6) is 0 Å². The molecular formula is C14H22N4O4. The Morgan fingerprint density at radius 3 is 2.64 bits per heavy atom. The van der Waals surface area contributed by atoms with Crippen LogP contribution in [0.1, 0.15) is 39.5 Å². The fraction of sp³-hybridized carbons (Fsp3) is 0.714. The molecule has 0 aliphatic heterocycles. The van der Waals surface area contributed by atoms with E-state index in [-0.39, 0.29) is 18.1 Å². The summed E-state index contributed by atoms with van der Waals surface area (Å²) in [7, 11) is 1.64. The van der Waals surface area contributed by atoms with E-state index < -0.39 is 16.1 Å². The first kappa shape index (κ1) is 16.4. The van der Waals surface area contributed by atoms with Crippen molar-refractivity contribution in [2.45, 2.75) is 50.7 Å². The monoisotopic (exact) mass is 310 g/mol. The number of aromatic nitrogens is 2. The summed E-state index contributed by atoms with van der Waals surface area (Å²) < 4.78 is 1.29. The van der Waals surface area contributed by atoms with Gasteiger partial charge in [-0.2, -0.15) is 5.10 Å². The van der Waals surface area contributed by atoms with E-state index in [0.29, 0.717) is 12.8 Å². The highest BCUT2D eigenvalue weighted by molar-refractivity contribution is 5.83. The molecule has 0 bridgehead atoms. The van der Waals surface area contributed by atoms with Crippen LogP contribution in [0, 0.1) is 10.1 Å². The molecule has 8 nitrogen and oxygen atoms in total. The largest absolute Gasteiger partial charge is 0.388 e. The molecule has 0 unspecified atom stereocenters. The van der Waals surface area contributed by atoms with E-state index in [0.717, 1.165) is 19.0 Å². The van der Waals surface area contributed by atoms with E-state index >= 15 is 0 Å². The summed E-state index contributed by atoms with van der Waals surface area (Å²) in [6.45, 7) is 3.57. The molecule has 0 aromatic carbocycles. The molecule has 8 heteroatoms. The van der Waals surface area contributed by atoms with Gasteiger partial charge in [0.25, 0.3) is 0 Å². The lowest BCUT2D eigenvalue weighted by molar-refractivity contribution is -0.385. The number of amides is 1. The molecule has 1 fully saturated rings. The lowest BCUT2D eigenvalue weighted by Crippen LogP contribution is -2.50. The molecule has 1 aromatic heterocycles. The lowest BCUT2D eigenvalue weighted by atomic mass is 9.99. The average Bonchev–Trinajstić information content (AvgIpc) is 3.07. The van der Waals surface area contributed by atoms with Crippen LogP contribution in [-0.4, -0.2) is 49.8 Å². The highest BCUT2D eigenvalue weighted by Gasteiger charge is 2.39. The first-order valence-electron chi connectivity index (χ1n) is 7.33. The summed E-state index contributed by atoms with van der Waals surface area (Å²) in [5, 5.41) is 25.1. The number of hydrogen-bond acceptors (Lipinski definition) is 5. The van der Waals surface area contributed by atoms with Crippen LogP contribution in [-0.2, 0) is 10.3 Å². The molecule has 2 rings (SSSR count). The SMILES string of the molecule is CN(CC1(O)CCCC1)C(=O)C(C)(C)n1cc([N+](=O)[O-])cn1. The molecule has 0 atom stereocenters. The first-order valence-corrected chi connectivity index (χ1v) is 7.33. The van der Waals surface area contributed by atoms with Gasteiger partial charge in [-0.1, -0.05) is 12.8 Å². The number of rotatable bonds is 5. The topological polar surface area (TPSA) is 102 Å². The van der Waals surface area contributed by atoms with Crippen LogP contribution in [0.3, 0.4) is 0 Å². The maximum atomic E-state index is 12.7. The summed E-state index contributed by atoms with van der Waals surface area (Å²) >= 11 is 0. The van der Waals surface area contributed by atoms with Crippen molar-refractivity contribution >= 4 is 11.6 Å². The Morgan fingerprint density at radius 2 is 2.14 bits per heavy atom. The smallest absolute Gasteiger partial charge is 0.307 e. The Balaban J connectivity index is 2.13. The molecule has 0 saturated heterocycles. The van der Waals surface area contributed by atoms with Gasteiger partial charge in [-0.25, -0.2) is 0 Å². The van der Waals surface area contributed by atoms with Gasteiger partial charge in [0.1, 0.15) is 17.9 Å². The molecule has 1 aliphatic carbocycles. The number of aliphatic hydroxyl groups is 1. The van der Waals surface area contributed by atoms with Crippen LogP contribution in [0.15, 0.2) is 12.4 Å². The van der Waals surface area contributed by atoms with E-state index in [2.05, 4.69) is 5.10 Å². The van der Waals surface area contributed by atoms with Crippen molar-refractivity contribution in [3.05, 3.63) is 22.5 Å². The number of carbonyl (C=O) groups excluding carboxylic acids is 1. The molecule has 0 radical (unpaired) electrons. The van der Waals surface area contributed by atoms with Gasteiger partial charge in [0.2, 0.25) is 5.91 Å². The first-order chi connectivity index (χ1) is 10.2. The Kier molecular flexibility index (Phi) is 4.23. The number of nitro groups is 1. The lowest BCUT2D eigenvalue weighted by Gasteiger charge is -2.34. The number of carbonyl (C=O) groups is 1. The summed E-state index contributed by atoms with van der Waals surface area (Å²) in [6.07, 6.45) is 5.69. The Morgan fingerprint density at radius 1 is 1.55 bits per heavy atom. The van der Waals surface area contributed by atoms with Gasteiger partial charge in [-0.05, 0) is 26.7 Å². The Hall–Kier alpha value is -1.96. The van der Waals surface area contributed by atoms with E-state index in [1.807, 2.05) is 0 Å². The van der Waals surface area contributed by atoms with E-state index in [1.165, 1.54) is 15.8 Å². The van der Waals surface area contributed by atoms with Gasteiger partial charge in [0, 0.05) is 13.6 Å². The fourth-order valence-electron chi connectivity index (χ4n) is 2.98. The predicted octanol–water partition coefficient (Wildman–Crippen LogP) is 1.29. The highest BCUT2D eigenvalue weighted by atomic mass is 16.6. The minimum Gasteiger partial charge on any atom is -0.388 e. The molecule has 1 heterocycles. The molecule has 22 heavy (non-hydrogen) atoms. The molecule has 1 saturated carbocycles. The van der Waals surface area contributed by atoms with Crippen molar-refractivity contribution in [3.63, 3.8) is 0 Å². The van der Waals surface area contributed by atoms with E-state index in [1.54, 1.807) is 20.9 Å². The van der Waals surface area contributed by atoms with E-state index in [4.69, 9.17) is 0 Å². The van der Waals surface area contributed by atoms with Gasteiger partial charge in [0.15, 0.2) is 0 Å². The average molecular weight is 310 g/mol. The molecule has 1 amide bonds. The minimum absolute atomic E-state index is 0.155. The minimum atomic E-state index is -1.06. The zero-order chi connectivity index (χ0) is 16.5. The normalized spacial score (nSPS) is 17.5. The molecule has 122 valence electrons. The maximum Gasteiger partial charge on any atom is 0.307 e. The van der Waals surface area contributed by atoms with Gasteiger partial charge in [-0.15, -0.1) is 0 Å². The van der Waals surface area contributed by atoms with Crippen molar-refractivity contribution in [2.24, 2.45) is 0 Å².